The van der Waals surface area contributed by atoms with Crippen molar-refractivity contribution >= 4 is 11.7 Å². The van der Waals surface area contributed by atoms with Gasteiger partial charge in [0.2, 0.25) is 0 Å². The minimum Gasteiger partial charge on any atom is -0.368 e. The van der Waals surface area contributed by atoms with Crippen LogP contribution in [0, 0.1) is 0 Å². The van der Waals surface area contributed by atoms with Crippen LogP contribution in [-0.2, 0) is 6.54 Å². The molecule has 25 heavy (non-hydrogen) atoms. The van der Waals surface area contributed by atoms with E-state index in [4.69, 9.17) is 0 Å². The van der Waals surface area contributed by atoms with E-state index in [1.54, 1.807) is 6.07 Å². The zero-order chi connectivity index (χ0) is 17.6. The maximum absolute atomic E-state index is 12.7. The molecule has 0 unspecified atom stereocenters. The van der Waals surface area contributed by atoms with E-state index in [9.17, 15) is 4.79 Å². The summed E-state index contributed by atoms with van der Waals surface area (Å²) in [4.78, 5) is 21.5. The molecule has 132 valence electrons. The highest BCUT2D eigenvalue weighted by atomic mass is 16.2. The number of carbonyl (C=O) groups excluding carboxylic acids is 1. The van der Waals surface area contributed by atoms with Crippen molar-refractivity contribution in [1.29, 1.82) is 0 Å². The molecule has 0 aliphatic carbocycles. The molecule has 0 saturated carbocycles. The molecule has 3 rings (SSSR count). The number of amides is 1. The molecule has 1 aliphatic rings. The molecule has 1 fully saturated rings. The number of carbonyl (C=O) groups is 1. The first-order chi connectivity index (χ1) is 12.1. The SMILES string of the molecule is CC(C)Nc1cccc(C(=O)N2CCN(Cc3ccccc3)CC2)n1. The Labute approximate surface area is 149 Å². The smallest absolute Gasteiger partial charge is 0.272 e. The lowest BCUT2D eigenvalue weighted by molar-refractivity contribution is 0.0623. The summed E-state index contributed by atoms with van der Waals surface area (Å²) in [5.74, 6) is 0.773. The summed E-state index contributed by atoms with van der Waals surface area (Å²) in [6.07, 6.45) is 0. The van der Waals surface area contributed by atoms with Crippen molar-refractivity contribution in [1.82, 2.24) is 14.8 Å². The molecule has 1 amide bonds. The second-order valence-corrected chi connectivity index (χ2v) is 6.76. The number of hydrogen-bond donors (Lipinski definition) is 1. The van der Waals surface area contributed by atoms with Gasteiger partial charge in [0, 0.05) is 38.8 Å². The van der Waals surface area contributed by atoms with Crippen LogP contribution in [-0.4, -0.2) is 52.9 Å². The van der Waals surface area contributed by atoms with Gasteiger partial charge in [-0.2, -0.15) is 0 Å². The molecule has 0 atom stereocenters. The first-order valence-corrected chi connectivity index (χ1v) is 8.91. The molecule has 5 nitrogen and oxygen atoms in total. The van der Waals surface area contributed by atoms with Crippen LogP contribution in [0.5, 0.6) is 0 Å². The van der Waals surface area contributed by atoms with Crippen LogP contribution in [0.1, 0.15) is 29.9 Å². The molecule has 0 radical (unpaired) electrons. The fourth-order valence-corrected chi connectivity index (χ4v) is 3.04. The van der Waals surface area contributed by atoms with Crippen LogP contribution >= 0.6 is 0 Å². The van der Waals surface area contributed by atoms with E-state index in [-0.39, 0.29) is 5.91 Å². The number of aromatic nitrogens is 1. The normalized spacial score (nSPS) is 15.4. The Kier molecular flexibility index (Phi) is 5.66. The molecule has 1 aromatic carbocycles. The highest BCUT2D eigenvalue weighted by Crippen LogP contribution is 2.12. The first kappa shape index (κ1) is 17.4. The van der Waals surface area contributed by atoms with E-state index in [0.717, 1.165) is 38.5 Å². The molecular weight excluding hydrogens is 312 g/mol. The summed E-state index contributed by atoms with van der Waals surface area (Å²) in [7, 11) is 0. The van der Waals surface area contributed by atoms with Crippen molar-refractivity contribution < 1.29 is 4.79 Å². The van der Waals surface area contributed by atoms with Gasteiger partial charge in [0.1, 0.15) is 11.5 Å². The monoisotopic (exact) mass is 338 g/mol. The molecule has 0 bridgehead atoms. The Hall–Kier alpha value is -2.40. The maximum atomic E-state index is 12.7. The lowest BCUT2D eigenvalue weighted by Gasteiger charge is -2.34. The van der Waals surface area contributed by atoms with E-state index < -0.39 is 0 Å². The minimum atomic E-state index is 0.0202. The quantitative estimate of drug-likeness (QED) is 0.911. The van der Waals surface area contributed by atoms with Gasteiger partial charge in [0.05, 0.1) is 0 Å². The Morgan fingerprint density at radius 3 is 2.44 bits per heavy atom. The second kappa shape index (κ2) is 8.12. The third kappa shape index (κ3) is 4.79. The highest BCUT2D eigenvalue weighted by molar-refractivity contribution is 5.92. The van der Waals surface area contributed by atoms with Gasteiger partial charge >= 0.3 is 0 Å². The van der Waals surface area contributed by atoms with Crippen LogP contribution in [0.3, 0.4) is 0 Å². The summed E-state index contributed by atoms with van der Waals surface area (Å²) in [6.45, 7) is 8.33. The van der Waals surface area contributed by atoms with Crippen molar-refractivity contribution in [2.24, 2.45) is 0 Å². The first-order valence-electron chi connectivity index (χ1n) is 8.91. The lowest BCUT2D eigenvalue weighted by Crippen LogP contribution is -2.48. The predicted molar refractivity (Wildman–Crippen MR) is 101 cm³/mol. The van der Waals surface area contributed by atoms with Gasteiger partial charge in [-0.05, 0) is 31.5 Å². The van der Waals surface area contributed by atoms with Crippen LogP contribution in [0.15, 0.2) is 48.5 Å². The Balaban J connectivity index is 1.56. The van der Waals surface area contributed by atoms with Crippen molar-refractivity contribution in [2.75, 3.05) is 31.5 Å². The number of pyridine rings is 1. The summed E-state index contributed by atoms with van der Waals surface area (Å²) < 4.78 is 0. The lowest BCUT2D eigenvalue weighted by atomic mass is 10.2. The van der Waals surface area contributed by atoms with Gasteiger partial charge < -0.3 is 10.2 Å². The summed E-state index contributed by atoms with van der Waals surface area (Å²) in [6, 6.07) is 16.3. The third-order valence-electron chi connectivity index (χ3n) is 4.31. The third-order valence-corrected chi connectivity index (χ3v) is 4.31. The molecular formula is C20H26N4O. The van der Waals surface area contributed by atoms with E-state index >= 15 is 0 Å². The average molecular weight is 338 g/mol. The molecule has 1 aromatic heterocycles. The van der Waals surface area contributed by atoms with Crippen LogP contribution in [0.4, 0.5) is 5.82 Å². The van der Waals surface area contributed by atoms with Gasteiger partial charge in [0.25, 0.3) is 5.91 Å². The zero-order valence-corrected chi connectivity index (χ0v) is 15.0. The number of hydrogen-bond acceptors (Lipinski definition) is 4. The van der Waals surface area contributed by atoms with Crippen LogP contribution < -0.4 is 5.32 Å². The molecule has 1 saturated heterocycles. The van der Waals surface area contributed by atoms with Crippen LogP contribution in [0.2, 0.25) is 0 Å². The molecule has 1 aliphatic heterocycles. The van der Waals surface area contributed by atoms with Gasteiger partial charge in [-0.25, -0.2) is 4.98 Å². The molecule has 1 N–H and O–H groups in total. The average Bonchev–Trinajstić information content (AvgIpc) is 2.62. The molecule has 2 heterocycles. The Morgan fingerprint density at radius 2 is 1.76 bits per heavy atom. The number of nitrogens with zero attached hydrogens (tertiary/aromatic N) is 3. The maximum Gasteiger partial charge on any atom is 0.272 e. The summed E-state index contributed by atoms with van der Waals surface area (Å²) >= 11 is 0. The number of anilines is 1. The number of benzene rings is 1. The van der Waals surface area contributed by atoms with Crippen molar-refractivity contribution in [3.8, 4) is 0 Å². The molecule has 0 spiro atoms. The van der Waals surface area contributed by atoms with Crippen molar-refractivity contribution in [3.05, 3.63) is 59.8 Å². The van der Waals surface area contributed by atoms with E-state index in [1.807, 2.05) is 23.1 Å². The number of rotatable bonds is 5. The van der Waals surface area contributed by atoms with Gasteiger partial charge in [-0.15, -0.1) is 0 Å². The molecule has 5 heteroatoms. The van der Waals surface area contributed by atoms with Crippen LogP contribution in [0.25, 0.3) is 0 Å². The fourth-order valence-electron chi connectivity index (χ4n) is 3.04. The number of piperazine rings is 1. The van der Waals surface area contributed by atoms with E-state index in [2.05, 4.69) is 53.3 Å². The topological polar surface area (TPSA) is 48.5 Å². The van der Waals surface area contributed by atoms with Gasteiger partial charge in [-0.3, -0.25) is 9.69 Å². The highest BCUT2D eigenvalue weighted by Gasteiger charge is 2.23. The van der Waals surface area contributed by atoms with E-state index in [1.165, 1.54) is 5.56 Å². The standard InChI is InChI=1S/C20H26N4O/c1-16(2)21-19-10-6-9-18(22-19)20(25)24-13-11-23(12-14-24)15-17-7-4-3-5-8-17/h3-10,16H,11-15H2,1-2H3,(H,21,22). The van der Waals surface area contributed by atoms with Crippen molar-refractivity contribution in [2.45, 2.75) is 26.4 Å². The van der Waals surface area contributed by atoms with Crippen molar-refractivity contribution in [3.63, 3.8) is 0 Å². The van der Waals surface area contributed by atoms with Gasteiger partial charge in [0.15, 0.2) is 0 Å². The zero-order valence-electron chi connectivity index (χ0n) is 15.0. The Bertz CT molecular complexity index is 694. The second-order valence-electron chi connectivity index (χ2n) is 6.76. The minimum absolute atomic E-state index is 0.0202. The van der Waals surface area contributed by atoms with Gasteiger partial charge in [-0.1, -0.05) is 36.4 Å². The summed E-state index contributed by atoms with van der Waals surface area (Å²) in [5.41, 5.74) is 1.83. The molecule has 2 aromatic rings. The largest absolute Gasteiger partial charge is 0.368 e. The fraction of sp³-hybridized carbons (Fsp3) is 0.400. The Morgan fingerprint density at radius 1 is 1.04 bits per heavy atom. The predicted octanol–water partition coefficient (Wildman–Crippen LogP) is 2.86. The summed E-state index contributed by atoms with van der Waals surface area (Å²) in [5, 5.41) is 3.25. The number of nitrogens with one attached hydrogen (secondary N) is 1. The van der Waals surface area contributed by atoms with E-state index in [0.29, 0.717) is 11.7 Å².